The number of ether oxygens (including phenoxy) is 2. The van der Waals surface area contributed by atoms with Gasteiger partial charge in [-0.25, -0.2) is 0 Å². The van der Waals surface area contributed by atoms with Crippen LogP contribution in [-0.2, 0) is 9.47 Å². The number of halogens is 1. The van der Waals surface area contributed by atoms with Crippen LogP contribution in [0.2, 0.25) is 0 Å². The Morgan fingerprint density at radius 2 is 1.31 bits per heavy atom. The van der Waals surface area contributed by atoms with Gasteiger partial charge in [0.05, 0.1) is 0 Å². The first-order valence-corrected chi connectivity index (χ1v) is 4.68. The van der Waals surface area contributed by atoms with Gasteiger partial charge in [-0.3, -0.25) is 5.75 Å². The van der Waals surface area contributed by atoms with E-state index in [4.69, 9.17) is 0 Å². The molecule has 13 heavy (non-hydrogen) atoms. The Morgan fingerprint density at radius 3 is 1.31 bits per heavy atom. The van der Waals surface area contributed by atoms with Gasteiger partial charge in [-0.05, 0) is 6.26 Å². The van der Waals surface area contributed by atoms with Gasteiger partial charge in [-0.1, -0.05) is 6.92 Å². The largest absolute Gasteiger partial charge is 2.00 e. The number of methoxy groups -OCH3 is 2. The van der Waals surface area contributed by atoms with Gasteiger partial charge >= 0.3 is 23.1 Å². The van der Waals surface area contributed by atoms with E-state index in [1.165, 1.54) is 6.42 Å². The van der Waals surface area contributed by atoms with Crippen molar-refractivity contribution in [1.82, 2.24) is 0 Å². The van der Waals surface area contributed by atoms with Gasteiger partial charge in [0.25, 0.3) is 0 Å². The average molecular weight is 241 g/mol. The van der Waals surface area contributed by atoms with E-state index in [1.807, 2.05) is 0 Å². The molecular formula is C8H21ClMgO2S. The first-order valence-electron chi connectivity index (χ1n) is 3.39. The monoisotopic (exact) mass is 240 g/mol. The summed E-state index contributed by atoms with van der Waals surface area (Å²) in [5.41, 5.74) is 0. The molecule has 0 aromatic heterocycles. The van der Waals surface area contributed by atoms with E-state index in [-0.39, 0.29) is 35.5 Å². The van der Waals surface area contributed by atoms with E-state index in [1.54, 1.807) is 40.2 Å². The zero-order chi connectivity index (χ0) is 9.54. The molecule has 0 aliphatic heterocycles. The standard InChI is InChI=1S/C4H9S.2C2H6O.ClH.Mg/c1-3-4-5-2;2*1-3-2;;/h4H,3H2,1-2H3;2*1-2H3;1H;/q-1;;;;+2/p-1. The second-order valence-corrected chi connectivity index (χ2v) is 2.43. The van der Waals surface area contributed by atoms with Gasteiger partial charge in [0.2, 0.25) is 0 Å². The zero-order valence-corrected chi connectivity index (χ0v) is 12.6. The fraction of sp³-hybridized carbons (Fsp3) is 0.875. The normalized spacial score (nSPS) is 6.00. The van der Waals surface area contributed by atoms with Crippen molar-refractivity contribution in [3.05, 3.63) is 5.75 Å². The van der Waals surface area contributed by atoms with Crippen LogP contribution >= 0.6 is 11.8 Å². The van der Waals surface area contributed by atoms with Crippen molar-refractivity contribution in [2.45, 2.75) is 13.3 Å². The van der Waals surface area contributed by atoms with Crippen molar-refractivity contribution < 1.29 is 21.9 Å². The van der Waals surface area contributed by atoms with Crippen molar-refractivity contribution in [1.29, 1.82) is 0 Å². The summed E-state index contributed by atoms with van der Waals surface area (Å²) in [7, 11) is 6.50. The minimum absolute atomic E-state index is 0. The molecule has 0 aromatic carbocycles. The summed E-state index contributed by atoms with van der Waals surface area (Å²) in [5.74, 6) is 2.17. The summed E-state index contributed by atoms with van der Waals surface area (Å²) >= 11 is 1.78. The molecule has 0 heterocycles. The van der Waals surface area contributed by atoms with E-state index in [2.05, 4.69) is 28.4 Å². The third-order valence-electron chi connectivity index (χ3n) is 0.333. The summed E-state index contributed by atoms with van der Waals surface area (Å²) in [6, 6.07) is 0. The SMILES string of the molecule is CC[CH-]SC.COC.COC.[Cl-].[Mg+2]. The van der Waals surface area contributed by atoms with E-state index in [0.29, 0.717) is 0 Å². The second kappa shape index (κ2) is 50.6. The Hall–Kier alpha value is 1.33. The molecule has 0 spiro atoms. The molecule has 0 saturated carbocycles. The van der Waals surface area contributed by atoms with Crippen LogP contribution in [0.3, 0.4) is 0 Å². The van der Waals surface area contributed by atoms with Gasteiger partial charge in [-0.2, -0.15) is 6.42 Å². The predicted octanol–water partition coefficient (Wildman–Crippen LogP) is -0.930. The van der Waals surface area contributed by atoms with E-state index >= 15 is 0 Å². The maximum atomic E-state index is 4.25. The molecule has 80 valence electrons. The molecule has 0 aromatic rings. The molecule has 0 atom stereocenters. The van der Waals surface area contributed by atoms with Crippen LogP contribution in [0.25, 0.3) is 0 Å². The summed E-state index contributed by atoms with van der Waals surface area (Å²) in [4.78, 5) is 0. The summed E-state index contributed by atoms with van der Waals surface area (Å²) in [6.45, 7) is 2.14. The zero-order valence-electron chi connectivity index (χ0n) is 9.59. The smallest absolute Gasteiger partial charge is 1.00 e. The summed E-state index contributed by atoms with van der Waals surface area (Å²) < 4.78 is 8.50. The molecule has 0 unspecified atom stereocenters. The molecule has 0 fully saturated rings. The van der Waals surface area contributed by atoms with Crippen LogP contribution in [0.15, 0.2) is 0 Å². The van der Waals surface area contributed by atoms with Crippen LogP contribution in [0.4, 0.5) is 0 Å². The molecular weight excluding hydrogens is 220 g/mol. The van der Waals surface area contributed by atoms with Crippen molar-refractivity contribution in [3.63, 3.8) is 0 Å². The molecule has 0 saturated heterocycles. The number of hydrogen-bond donors (Lipinski definition) is 0. The fourth-order valence-corrected chi connectivity index (χ4v) is 0.500. The maximum Gasteiger partial charge on any atom is 2.00 e. The molecule has 2 nitrogen and oxygen atoms in total. The van der Waals surface area contributed by atoms with Gasteiger partial charge in [0.1, 0.15) is 0 Å². The van der Waals surface area contributed by atoms with E-state index < -0.39 is 0 Å². The van der Waals surface area contributed by atoms with Crippen molar-refractivity contribution in [2.24, 2.45) is 0 Å². The Labute approximate surface area is 110 Å². The maximum absolute atomic E-state index is 4.25. The first-order chi connectivity index (χ1) is 5.24. The topological polar surface area (TPSA) is 18.5 Å². The van der Waals surface area contributed by atoms with Gasteiger partial charge < -0.3 is 33.6 Å². The Bertz CT molecular complexity index is 41.3. The predicted molar refractivity (Wildman–Crippen MR) is 59.7 cm³/mol. The van der Waals surface area contributed by atoms with Crippen LogP contribution < -0.4 is 12.4 Å². The fourth-order valence-electron chi connectivity index (χ4n) is 0.167. The molecule has 0 radical (unpaired) electrons. The Kier molecular flexibility index (Phi) is 114. The third kappa shape index (κ3) is 155. The number of rotatable bonds is 2. The van der Waals surface area contributed by atoms with Gasteiger partial charge in [-0.15, -0.1) is 0 Å². The van der Waals surface area contributed by atoms with E-state index in [9.17, 15) is 0 Å². The number of hydrogen-bond acceptors (Lipinski definition) is 3. The third-order valence-corrected chi connectivity index (χ3v) is 1.000. The quantitative estimate of drug-likeness (QED) is 0.459. The molecule has 0 rings (SSSR count). The van der Waals surface area contributed by atoms with Crippen molar-refractivity contribution >= 4 is 34.8 Å². The van der Waals surface area contributed by atoms with Gasteiger partial charge in [0, 0.05) is 28.4 Å². The minimum atomic E-state index is 0. The van der Waals surface area contributed by atoms with Crippen LogP contribution in [-0.4, -0.2) is 57.7 Å². The summed E-state index contributed by atoms with van der Waals surface area (Å²) in [5, 5.41) is 0. The van der Waals surface area contributed by atoms with Crippen LogP contribution in [0.5, 0.6) is 0 Å². The second-order valence-electron chi connectivity index (χ2n) is 1.63. The van der Waals surface area contributed by atoms with Gasteiger partial charge in [0.15, 0.2) is 0 Å². The Morgan fingerprint density at radius 1 is 1.08 bits per heavy atom. The van der Waals surface area contributed by atoms with Crippen LogP contribution in [0, 0.1) is 5.75 Å². The molecule has 0 aliphatic rings. The molecule has 0 N–H and O–H groups in total. The van der Waals surface area contributed by atoms with Crippen LogP contribution in [0.1, 0.15) is 13.3 Å². The van der Waals surface area contributed by atoms with Crippen molar-refractivity contribution in [3.8, 4) is 0 Å². The molecule has 0 bridgehead atoms. The molecule has 5 heteroatoms. The number of thioether (sulfide) groups is 1. The Balaban J connectivity index is -0.0000000240. The van der Waals surface area contributed by atoms with E-state index in [0.717, 1.165) is 0 Å². The first kappa shape index (κ1) is 29.3. The van der Waals surface area contributed by atoms with Crippen molar-refractivity contribution in [2.75, 3.05) is 34.7 Å². The summed E-state index contributed by atoms with van der Waals surface area (Å²) in [6.07, 6.45) is 3.25. The molecule has 0 aliphatic carbocycles. The minimum Gasteiger partial charge on any atom is -1.00 e. The molecule has 0 amide bonds. The average Bonchev–Trinajstić information content (AvgIpc) is 1.92.